The fraction of sp³-hybridized carbons (Fsp3) is 0.429. The smallest absolute Gasteiger partial charge is 0.152 e. The Kier molecular flexibility index (Phi) is 4.10. The van der Waals surface area contributed by atoms with Crippen molar-refractivity contribution in [3.8, 4) is 0 Å². The molecule has 4 heteroatoms. The number of rotatable bonds is 5. The summed E-state index contributed by atoms with van der Waals surface area (Å²) in [7, 11) is 1.93. The summed E-state index contributed by atoms with van der Waals surface area (Å²) >= 11 is 0. The number of hydrogen-bond acceptors (Lipinski definition) is 3. The lowest BCUT2D eigenvalue weighted by molar-refractivity contribution is 0.704. The first kappa shape index (κ1) is 12.8. The SMILES string of the molecule is CCc1ccc(Cc2nc(CCN)nn2C)cc1. The van der Waals surface area contributed by atoms with Gasteiger partial charge in [-0.15, -0.1) is 0 Å². The Bertz CT molecular complexity index is 499. The zero-order chi connectivity index (χ0) is 13.0. The van der Waals surface area contributed by atoms with Crippen LogP contribution in [0.4, 0.5) is 0 Å². The summed E-state index contributed by atoms with van der Waals surface area (Å²) < 4.78 is 1.85. The van der Waals surface area contributed by atoms with Crippen molar-refractivity contribution in [2.75, 3.05) is 6.54 Å². The van der Waals surface area contributed by atoms with E-state index in [1.54, 1.807) is 0 Å². The Morgan fingerprint density at radius 1 is 1.17 bits per heavy atom. The molecular weight excluding hydrogens is 224 g/mol. The molecule has 0 aliphatic heterocycles. The van der Waals surface area contributed by atoms with Gasteiger partial charge in [-0.3, -0.25) is 4.68 Å². The molecule has 0 radical (unpaired) electrons. The molecule has 2 aromatic rings. The molecule has 0 amide bonds. The molecule has 1 aromatic carbocycles. The maximum atomic E-state index is 5.52. The normalized spacial score (nSPS) is 10.8. The molecule has 0 saturated heterocycles. The number of nitrogens with two attached hydrogens (primary N) is 1. The molecule has 18 heavy (non-hydrogen) atoms. The van der Waals surface area contributed by atoms with Crippen LogP contribution < -0.4 is 5.73 Å². The predicted molar refractivity (Wildman–Crippen MR) is 72.4 cm³/mol. The minimum atomic E-state index is 0.592. The maximum absolute atomic E-state index is 5.52. The molecule has 0 unspecified atom stereocenters. The van der Waals surface area contributed by atoms with Gasteiger partial charge in [-0.25, -0.2) is 4.98 Å². The van der Waals surface area contributed by atoms with Crippen molar-refractivity contribution < 1.29 is 0 Å². The van der Waals surface area contributed by atoms with Crippen molar-refractivity contribution in [3.05, 3.63) is 47.0 Å². The van der Waals surface area contributed by atoms with E-state index in [4.69, 9.17) is 5.73 Å². The quantitative estimate of drug-likeness (QED) is 0.866. The van der Waals surface area contributed by atoms with Crippen LogP contribution >= 0.6 is 0 Å². The minimum absolute atomic E-state index is 0.592. The highest BCUT2D eigenvalue weighted by molar-refractivity contribution is 5.24. The second kappa shape index (κ2) is 5.78. The third-order valence-electron chi connectivity index (χ3n) is 3.06. The minimum Gasteiger partial charge on any atom is -0.330 e. The van der Waals surface area contributed by atoms with Crippen LogP contribution in [0, 0.1) is 0 Å². The highest BCUT2D eigenvalue weighted by atomic mass is 15.3. The molecule has 1 aromatic heterocycles. The zero-order valence-corrected chi connectivity index (χ0v) is 11.1. The molecule has 96 valence electrons. The highest BCUT2D eigenvalue weighted by Crippen LogP contribution is 2.10. The molecule has 4 nitrogen and oxygen atoms in total. The van der Waals surface area contributed by atoms with Gasteiger partial charge >= 0.3 is 0 Å². The van der Waals surface area contributed by atoms with Crippen LogP contribution in [0.15, 0.2) is 24.3 Å². The molecule has 0 aliphatic carbocycles. The standard InChI is InChI=1S/C14H20N4/c1-3-11-4-6-12(7-5-11)10-14-16-13(8-9-15)17-18(14)2/h4-7H,3,8-10,15H2,1-2H3. The topological polar surface area (TPSA) is 56.7 Å². The first-order valence-corrected chi connectivity index (χ1v) is 6.39. The Balaban J connectivity index is 2.12. The van der Waals surface area contributed by atoms with E-state index in [9.17, 15) is 0 Å². The van der Waals surface area contributed by atoms with E-state index >= 15 is 0 Å². The van der Waals surface area contributed by atoms with Crippen LogP contribution in [0.3, 0.4) is 0 Å². The molecule has 2 rings (SSSR count). The van der Waals surface area contributed by atoms with Gasteiger partial charge in [0.15, 0.2) is 5.82 Å². The lowest BCUT2D eigenvalue weighted by Crippen LogP contribution is -2.04. The number of nitrogens with zero attached hydrogens (tertiary/aromatic N) is 3. The van der Waals surface area contributed by atoms with Crippen molar-refractivity contribution >= 4 is 0 Å². The Morgan fingerprint density at radius 2 is 1.83 bits per heavy atom. The van der Waals surface area contributed by atoms with Gasteiger partial charge in [0.25, 0.3) is 0 Å². The van der Waals surface area contributed by atoms with Crippen LogP contribution in [0.1, 0.15) is 29.7 Å². The van der Waals surface area contributed by atoms with Crippen molar-refractivity contribution in [2.24, 2.45) is 12.8 Å². The summed E-state index contributed by atoms with van der Waals surface area (Å²) in [5.74, 6) is 1.82. The Morgan fingerprint density at radius 3 is 2.44 bits per heavy atom. The van der Waals surface area contributed by atoms with Gasteiger partial charge in [-0.2, -0.15) is 5.10 Å². The Labute approximate surface area is 108 Å². The van der Waals surface area contributed by atoms with Gasteiger partial charge in [0.2, 0.25) is 0 Å². The van der Waals surface area contributed by atoms with Gasteiger partial charge in [-0.05, 0) is 24.1 Å². The van der Waals surface area contributed by atoms with Gasteiger partial charge in [0.1, 0.15) is 5.82 Å². The predicted octanol–water partition coefficient (Wildman–Crippen LogP) is 1.47. The lowest BCUT2D eigenvalue weighted by Gasteiger charge is -2.02. The lowest BCUT2D eigenvalue weighted by atomic mass is 10.1. The molecule has 0 bridgehead atoms. The number of hydrogen-bond donors (Lipinski definition) is 1. The number of aromatic nitrogens is 3. The molecule has 2 N–H and O–H groups in total. The van der Waals surface area contributed by atoms with Crippen LogP contribution in [-0.2, 0) is 26.3 Å². The first-order valence-electron chi connectivity index (χ1n) is 6.39. The number of benzene rings is 1. The summed E-state index contributed by atoms with van der Waals surface area (Å²) in [4.78, 5) is 4.51. The summed E-state index contributed by atoms with van der Waals surface area (Å²) in [5, 5.41) is 4.36. The monoisotopic (exact) mass is 244 g/mol. The number of aryl methyl sites for hydroxylation is 2. The van der Waals surface area contributed by atoms with Crippen LogP contribution in [0.5, 0.6) is 0 Å². The fourth-order valence-corrected chi connectivity index (χ4v) is 1.94. The largest absolute Gasteiger partial charge is 0.330 e. The molecule has 0 fully saturated rings. The second-order valence-corrected chi connectivity index (χ2v) is 4.45. The van der Waals surface area contributed by atoms with E-state index in [1.165, 1.54) is 11.1 Å². The summed E-state index contributed by atoms with van der Waals surface area (Å²) in [5.41, 5.74) is 8.14. The zero-order valence-electron chi connectivity index (χ0n) is 11.1. The van der Waals surface area contributed by atoms with Gasteiger partial charge < -0.3 is 5.73 Å². The van der Waals surface area contributed by atoms with E-state index in [2.05, 4.69) is 41.3 Å². The molecule has 1 heterocycles. The third-order valence-corrected chi connectivity index (χ3v) is 3.06. The summed E-state index contributed by atoms with van der Waals surface area (Å²) in [6, 6.07) is 8.67. The molecule has 0 aliphatic rings. The third kappa shape index (κ3) is 2.96. The van der Waals surface area contributed by atoms with E-state index in [0.717, 1.165) is 30.9 Å². The van der Waals surface area contributed by atoms with E-state index in [1.807, 2.05) is 11.7 Å². The van der Waals surface area contributed by atoms with Crippen molar-refractivity contribution in [3.63, 3.8) is 0 Å². The van der Waals surface area contributed by atoms with Crippen LogP contribution in [0.25, 0.3) is 0 Å². The van der Waals surface area contributed by atoms with E-state index < -0.39 is 0 Å². The van der Waals surface area contributed by atoms with E-state index in [0.29, 0.717) is 6.54 Å². The highest BCUT2D eigenvalue weighted by Gasteiger charge is 2.07. The molecule has 0 saturated carbocycles. The van der Waals surface area contributed by atoms with Gasteiger partial charge in [0, 0.05) is 19.9 Å². The van der Waals surface area contributed by atoms with Gasteiger partial charge in [0.05, 0.1) is 0 Å². The molecule has 0 spiro atoms. The average Bonchev–Trinajstić information content (AvgIpc) is 2.71. The van der Waals surface area contributed by atoms with Crippen molar-refractivity contribution in [1.82, 2.24) is 14.8 Å². The van der Waals surface area contributed by atoms with Gasteiger partial charge in [-0.1, -0.05) is 31.2 Å². The van der Waals surface area contributed by atoms with Crippen molar-refractivity contribution in [2.45, 2.75) is 26.2 Å². The Hall–Kier alpha value is -1.68. The molecule has 0 atom stereocenters. The van der Waals surface area contributed by atoms with Crippen molar-refractivity contribution in [1.29, 1.82) is 0 Å². The summed E-state index contributed by atoms with van der Waals surface area (Å²) in [6.45, 7) is 2.76. The average molecular weight is 244 g/mol. The summed E-state index contributed by atoms with van der Waals surface area (Å²) in [6.07, 6.45) is 2.63. The van der Waals surface area contributed by atoms with Crippen LogP contribution in [0.2, 0.25) is 0 Å². The maximum Gasteiger partial charge on any atom is 0.152 e. The second-order valence-electron chi connectivity index (χ2n) is 4.45. The fourth-order valence-electron chi connectivity index (χ4n) is 1.94. The van der Waals surface area contributed by atoms with E-state index in [-0.39, 0.29) is 0 Å². The first-order chi connectivity index (χ1) is 8.72. The molecular formula is C14H20N4. The van der Waals surface area contributed by atoms with Crippen LogP contribution in [-0.4, -0.2) is 21.3 Å².